The van der Waals surface area contributed by atoms with E-state index < -0.39 is 17.7 Å². The number of thioether (sulfide) groups is 1. The molecule has 0 radical (unpaired) electrons. The number of amidine groups is 2. The van der Waals surface area contributed by atoms with Crippen LogP contribution in [0.4, 0.5) is 4.39 Å². The van der Waals surface area contributed by atoms with Crippen molar-refractivity contribution in [3.63, 3.8) is 0 Å². The number of amides is 1. The van der Waals surface area contributed by atoms with E-state index in [1.165, 1.54) is 47.1 Å². The van der Waals surface area contributed by atoms with Gasteiger partial charge in [0.2, 0.25) is 5.17 Å². The molecule has 166 valence electrons. The predicted molar refractivity (Wildman–Crippen MR) is 126 cm³/mol. The summed E-state index contributed by atoms with van der Waals surface area (Å²) < 4.78 is 18.3. The smallest absolute Gasteiger partial charge is 0.343 e. The van der Waals surface area contributed by atoms with Crippen molar-refractivity contribution in [1.82, 2.24) is 9.99 Å². The molecule has 0 aliphatic carbocycles. The Labute approximate surface area is 197 Å². The molecule has 5 rings (SSSR count). The van der Waals surface area contributed by atoms with Crippen molar-refractivity contribution in [2.45, 2.75) is 0 Å². The second-order valence-corrected chi connectivity index (χ2v) is 8.09. The standard InChI is InChI=1S/C24H14FN5O3S/c25-17-7-5-15(6-8-17)23(32)33-18-9-3-14(4-10-18)12-19-20(26)30-24(28-21(19)31)34-22(29-30)16-2-1-11-27-13-16/h1-13,26H. The van der Waals surface area contributed by atoms with Crippen LogP contribution < -0.4 is 4.74 Å². The van der Waals surface area contributed by atoms with Gasteiger partial charge in [0.25, 0.3) is 5.91 Å². The van der Waals surface area contributed by atoms with Crippen molar-refractivity contribution in [1.29, 1.82) is 5.41 Å². The first-order valence-corrected chi connectivity index (χ1v) is 10.8. The van der Waals surface area contributed by atoms with E-state index in [9.17, 15) is 14.0 Å². The van der Waals surface area contributed by atoms with Crippen molar-refractivity contribution < 1.29 is 18.7 Å². The highest BCUT2D eigenvalue weighted by molar-refractivity contribution is 8.27. The number of fused-ring (bicyclic) bond motifs is 1. The summed E-state index contributed by atoms with van der Waals surface area (Å²) in [6.07, 6.45) is 4.83. The fraction of sp³-hybridized carbons (Fsp3) is 0. The number of hydrogen-bond acceptors (Lipinski definition) is 7. The van der Waals surface area contributed by atoms with Gasteiger partial charge in [0.15, 0.2) is 5.84 Å². The van der Waals surface area contributed by atoms with Gasteiger partial charge < -0.3 is 4.74 Å². The van der Waals surface area contributed by atoms with Crippen LogP contribution in [-0.2, 0) is 4.79 Å². The normalized spacial score (nSPS) is 16.3. The molecule has 0 bridgehead atoms. The van der Waals surface area contributed by atoms with Gasteiger partial charge in [-0.15, -0.1) is 0 Å². The number of hydrazone groups is 1. The lowest BCUT2D eigenvalue weighted by atomic mass is 10.1. The highest BCUT2D eigenvalue weighted by atomic mass is 32.2. The molecule has 0 fully saturated rings. The molecule has 2 aliphatic rings. The molecule has 3 heterocycles. The van der Waals surface area contributed by atoms with Crippen LogP contribution in [0.15, 0.2) is 88.7 Å². The minimum Gasteiger partial charge on any atom is -0.423 e. The Morgan fingerprint density at radius 2 is 1.85 bits per heavy atom. The Morgan fingerprint density at radius 3 is 2.56 bits per heavy atom. The van der Waals surface area contributed by atoms with Crippen LogP contribution in [0.25, 0.3) is 6.08 Å². The van der Waals surface area contributed by atoms with Gasteiger partial charge in [0.05, 0.1) is 11.1 Å². The molecule has 0 unspecified atom stereocenters. The van der Waals surface area contributed by atoms with E-state index in [-0.39, 0.29) is 22.7 Å². The summed E-state index contributed by atoms with van der Waals surface area (Å²) in [5.41, 5.74) is 1.67. The number of hydrogen-bond donors (Lipinski definition) is 1. The molecular weight excluding hydrogens is 457 g/mol. The summed E-state index contributed by atoms with van der Waals surface area (Å²) in [5.74, 6) is -1.42. The summed E-state index contributed by atoms with van der Waals surface area (Å²) in [4.78, 5) is 32.9. The second kappa shape index (κ2) is 8.83. The highest BCUT2D eigenvalue weighted by Crippen LogP contribution is 2.30. The number of rotatable bonds is 4. The van der Waals surface area contributed by atoms with Crippen LogP contribution in [0, 0.1) is 11.2 Å². The van der Waals surface area contributed by atoms with Crippen LogP contribution >= 0.6 is 11.8 Å². The maximum absolute atomic E-state index is 13.0. The minimum absolute atomic E-state index is 0.0802. The zero-order valence-electron chi connectivity index (χ0n) is 17.3. The van der Waals surface area contributed by atoms with Crippen molar-refractivity contribution in [2.75, 3.05) is 0 Å². The number of carbonyl (C=O) groups is 2. The number of pyridine rings is 1. The van der Waals surface area contributed by atoms with Gasteiger partial charge in [-0.25, -0.2) is 9.18 Å². The third kappa shape index (κ3) is 4.26. The van der Waals surface area contributed by atoms with E-state index in [0.29, 0.717) is 15.8 Å². The lowest BCUT2D eigenvalue weighted by Gasteiger charge is -2.20. The average molecular weight is 471 g/mol. The third-order valence-electron chi connectivity index (χ3n) is 4.84. The van der Waals surface area contributed by atoms with Gasteiger partial charge in [0.1, 0.15) is 16.6 Å². The molecule has 2 aromatic carbocycles. The quantitative estimate of drug-likeness (QED) is 0.349. The first-order chi connectivity index (χ1) is 16.5. The van der Waals surface area contributed by atoms with Gasteiger partial charge in [-0.1, -0.05) is 12.1 Å². The monoisotopic (exact) mass is 471 g/mol. The fourth-order valence-corrected chi connectivity index (χ4v) is 4.03. The first-order valence-electron chi connectivity index (χ1n) is 9.96. The summed E-state index contributed by atoms with van der Waals surface area (Å²) in [6, 6.07) is 15.1. The number of benzene rings is 2. The Hall–Kier alpha value is -4.44. The minimum atomic E-state index is -0.619. The molecule has 8 nitrogen and oxygen atoms in total. The van der Waals surface area contributed by atoms with Gasteiger partial charge in [-0.3, -0.25) is 15.2 Å². The van der Waals surface area contributed by atoms with Crippen LogP contribution in [0.1, 0.15) is 21.5 Å². The average Bonchev–Trinajstić information content (AvgIpc) is 3.28. The highest BCUT2D eigenvalue weighted by Gasteiger charge is 2.36. The number of ether oxygens (including phenoxy) is 1. The van der Waals surface area contributed by atoms with E-state index in [2.05, 4.69) is 15.1 Å². The fourth-order valence-electron chi connectivity index (χ4n) is 3.15. The lowest BCUT2D eigenvalue weighted by Crippen LogP contribution is -2.35. The van der Waals surface area contributed by atoms with Crippen LogP contribution in [-0.4, -0.2) is 37.9 Å². The second-order valence-electron chi connectivity index (χ2n) is 7.13. The van der Waals surface area contributed by atoms with Crippen molar-refractivity contribution >= 4 is 45.8 Å². The van der Waals surface area contributed by atoms with Crippen molar-refractivity contribution in [3.05, 3.63) is 101 Å². The van der Waals surface area contributed by atoms with Crippen LogP contribution in [0.2, 0.25) is 0 Å². The summed E-state index contributed by atoms with van der Waals surface area (Å²) in [7, 11) is 0. The molecule has 0 spiro atoms. The number of nitrogens with zero attached hydrogens (tertiary/aromatic N) is 4. The SMILES string of the molecule is N=C1C(=Cc2ccc(OC(=O)c3ccc(F)cc3)cc2)C(=O)N=C2SC(c3cccnc3)=NN12. The van der Waals surface area contributed by atoms with Gasteiger partial charge in [-0.2, -0.15) is 15.1 Å². The lowest BCUT2D eigenvalue weighted by molar-refractivity contribution is -0.114. The molecule has 0 saturated carbocycles. The zero-order chi connectivity index (χ0) is 23.7. The maximum atomic E-state index is 13.0. The molecule has 10 heteroatoms. The van der Waals surface area contributed by atoms with Gasteiger partial charge in [-0.05, 0) is 71.9 Å². The number of aliphatic imine (C=N–C) groups is 1. The van der Waals surface area contributed by atoms with E-state index in [1.54, 1.807) is 42.7 Å². The Balaban J connectivity index is 1.33. The zero-order valence-corrected chi connectivity index (χ0v) is 18.1. The maximum Gasteiger partial charge on any atom is 0.343 e. The van der Waals surface area contributed by atoms with E-state index in [1.807, 2.05) is 6.07 Å². The molecule has 1 aromatic heterocycles. The number of nitrogens with one attached hydrogen (secondary N) is 1. The molecule has 0 atom stereocenters. The third-order valence-corrected chi connectivity index (χ3v) is 5.80. The van der Waals surface area contributed by atoms with Crippen molar-refractivity contribution in [2.24, 2.45) is 10.1 Å². The molecular formula is C24H14FN5O3S. The van der Waals surface area contributed by atoms with Crippen LogP contribution in [0.5, 0.6) is 5.75 Å². The number of halogens is 1. The molecule has 2 aliphatic heterocycles. The molecule has 1 amide bonds. The Kier molecular flexibility index (Phi) is 5.56. The van der Waals surface area contributed by atoms with E-state index in [4.69, 9.17) is 10.1 Å². The number of aromatic nitrogens is 1. The molecule has 1 N–H and O–H groups in total. The van der Waals surface area contributed by atoms with Crippen LogP contribution in [0.3, 0.4) is 0 Å². The number of carbonyl (C=O) groups excluding carboxylic acids is 2. The largest absolute Gasteiger partial charge is 0.423 e. The summed E-state index contributed by atoms with van der Waals surface area (Å²) in [5, 5.41) is 15.1. The van der Waals surface area contributed by atoms with Gasteiger partial charge in [0, 0.05) is 18.0 Å². The van der Waals surface area contributed by atoms with E-state index in [0.717, 1.165) is 5.56 Å². The van der Waals surface area contributed by atoms with Crippen molar-refractivity contribution in [3.8, 4) is 5.75 Å². The summed E-state index contributed by atoms with van der Waals surface area (Å²) >= 11 is 1.20. The molecule has 3 aromatic rings. The molecule has 0 saturated heterocycles. The summed E-state index contributed by atoms with van der Waals surface area (Å²) in [6.45, 7) is 0. The van der Waals surface area contributed by atoms with E-state index >= 15 is 0 Å². The molecule has 34 heavy (non-hydrogen) atoms. The Morgan fingerprint density at radius 1 is 1.09 bits per heavy atom. The van der Waals surface area contributed by atoms with Gasteiger partial charge >= 0.3 is 5.97 Å². The topological polar surface area (TPSA) is 108 Å². The first kappa shape index (κ1) is 21.4. The predicted octanol–water partition coefficient (Wildman–Crippen LogP) is 4.11. The Bertz CT molecular complexity index is 1400. The number of esters is 1.